The fraction of sp³-hybridized carbons (Fsp3) is 0.643. The molecule has 0 aliphatic heterocycles. The molecule has 0 aliphatic carbocycles. The molecule has 0 aliphatic rings. The van der Waals surface area contributed by atoms with Crippen LogP contribution in [0.1, 0.15) is 31.7 Å². The van der Waals surface area contributed by atoms with Crippen LogP contribution in [0.3, 0.4) is 0 Å². The Balaban J connectivity index is 2.48. The molecule has 4 nitrogen and oxygen atoms in total. The fourth-order valence-electron chi connectivity index (χ4n) is 2.04. The second kappa shape index (κ2) is 7.74. The van der Waals surface area contributed by atoms with Gasteiger partial charge in [0.2, 0.25) is 0 Å². The van der Waals surface area contributed by atoms with Crippen LogP contribution >= 0.6 is 0 Å². The number of aromatic nitrogens is 1. The molecule has 0 atom stereocenters. The Morgan fingerprint density at radius 3 is 2.00 bits per heavy atom. The maximum absolute atomic E-state index is 5.41. The van der Waals surface area contributed by atoms with Gasteiger partial charge in [-0.05, 0) is 11.5 Å². The summed E-state index contributed by atoms with van der Waals surface area (Å²) in [5.41, 5.74) is 1.37. The minimum Gasteiger partial charge on any atom is -0.377 e. The molecule has 19 heavy (non-hydrogen) atoms. The minimum absolute atomic E-state index is 0.574. The minimum atomic E-state index is -2.41. The van der Waals surface area contributed by atoms with E-state index in [-0.39, 0.29) is 0 Å². The van der Waals surface area contributed by atoms with E-state index in [1.165, 1.54) is 5.56 Å². The van der Waals surface area contributed by atoms with E-state index >= 15 is 0 Å². The van der Waals surface area contributed by atoms with E-state index in [0.29, 0.717) is 5.92 Å². The molecule has 1 aromatic rings. The molecule has 0 spiro atoms. The third kappa shape index (κ3) is 4.69. The lowest BCUT2D eigenvalue weighted by Crippen LogP contribution is -2.44. The smallest absolute Gasteiger partial charge is 0.377 e. The Kier molecular flexibility index (Phi) is 6.64. The van der Waals surface area contributed by atoms with E-state index < -0.39 is 8.80 Å². The van der Waals surface area contributed by atoms with Gasteiger partial charge >= 0.3 is 8.80 Å². The predicted octanol–water partition coefficient (Wildman–Crippen LogP) is 2.37. The van der Waals surface area contributed by atoms with Crippen LogP contribution in [-0.2, 0) is 19.8 Å². The van der Waals surface area contributed by atoms with Crippen LogP contribution in [0.2, 0.25) is 6.04 Å². The lowest BCUT2D eigenvalue weighted by atomic mass is 10.1. The van der Waals surface area contributed by atoms with Gasteiger partial charge in [-0.15, -0.1) is 0 Å². The molecule has 0 saturated heterocycles. The van der Waals surface area contributed by atoms with Gasteiger partial charge in [0.05, 0.1) is 0 Å². The van der Waals surface area contributed by atoms with Gasteiger partial charge < -0.3 is 13.3 Å². The molecule has 0 bridgehead atoms. The third-order valence-corrected chi connectivity index (χ3v) is 6.25. The normalized spacial score (nSPS) is 12.1. The highest BCUT2D eigenvalue weighted by Gasteiger charge is 2.37. The van der Waals surface area contributed by atoms with Crippen LogP contribution in [-0.4, -0.2) is 30.1 Å². The summed E-state index contributed by atoms with van der Waals surface area (Å²) in [6.45, 7) is 5.36. The Labute approximate surface area is 117 Å². The van der Waals surface area contributed by atoms with Crippen molar-refractivity contribution in [1.29, 1.82) is 0 Å². The first kappa shape index (κ1) is 16.3. The quantitative estimate of drug-likeness (QED) is 0.542. The van der Waals surface area contributed by atoms with Crippen LogP contribution in [0.25, 0.3) is 0 Å². The van der Waals surface area contributed by atoms with Crippen molar-refractivity contribution in [2.24, 2.45) is 0 Å². The van der Waals surface area contributed by atoms with Gasteiger partial charge in [0.1, 0.15) is 6.54 Å². The zero-order chi connectivity index (χ0) is 14.3. The van der Waals surface area contributed by atoms with Crippen LogP contribution in [0.4, 0.5) is 0 Å². The van der Waals surface area contributed by atoms with Gasteiger partial charge in [-0.3, -0.25) is 0 Å². The monoisotopic (exact) mass is 284 g/mol. The summed E-state index contributed by atoms with van der Waals surface area (Å²) in [6, 6.07) is 5.19. The molecule has 1 aromatic heterocycles. The summed E-state index contributed by atoms with van der Waals surface area (Å²) < 4.78 is 18.4. The standard InChI is InChI=1S/C14H26NO3Si/c1-13(2)14-7-10-15(11-8-14)9-6-12-19(16-3,17-4)18-5/h7-8,10-11,13H,6,9,12H2,1-5H3/q+1. The zero-order valence-electron chi connectivity index (χ0n) is 12.7. The molecular weight excluding hydrogens is 258 g/mol. The van der Waals surface area contributed by atoms with Crippen molar-refractivity contribution in [2.75, 3.05) is 21.3 Å². The summed E-state index contributed by atoms with van der Waals surface area (Å²) in [5.74, 6) is 0.574. The molecule has 0 aromatic carbocycles. The van der Waals surface area contributed by atoms with E-state index in [1.807, 2.05) is 0 Å². The lowest BCUT2D eigenvalue weighted by Gasteiger charge is -2.23. The third-order valence-electron chi connectivity index (χ3n) is 3.42. The van der Waals surface area contributed by atoms with Gasteiger partial charge in [0.25, 0.3) is 0 Å². The Morgan fingerprint density at radius 1 is 1.05 bits per heavy atom. The number of nitrogens with zero attached hydrogens (tertiary/aromatic N) is 1. The number of hydrogen-bond donors (Lipinski definition) is 0. The SMILES string of the molecule is CO[Si](CCC[n+]1ccc(C(C)C)cc1)(OC)OC. The molecule has 0 N–H and O–H groups in total. The largest absolute Gasteiger partial charge is 0.500 e. The van der Waals surface area contributed by atoms with Crippen molar-refractivity contribution in [3.8, 4) is 0 Å². The number of rotatable bonds is 8. The van der Waals surface area contributed by atoms with Gasteiger partial charge in [-0.1, -0.05) is 13.8 Å². The van der Waals surface area contributed by atoms with Crippen LogP contribution < -0.4 is 4.57 Å². The zero-order valence-corrected chi connectivity index (χ0v) is 13.7. The van der Waals surface area contributed by atoms with Crippen molar-refractivity contribution < 1.29 is 17.8 Å². The van der Waals surface area contributed by atoms with Crippen LogP contribution in [0.15, 0.2) is 24.5 Å². The molecule has 0 amide bonds. The van der Waals surface area contributed by atoms with Crippen molar-refractivity contribution >= 4 is 8.80 Å². The van der Waals surface area contributed by atoms with E-state index in [9.17, 15) is 0 Å². The molecule has 5 heteroatoms. The average molecular weight is 284 g/mol. The second-order valence-corrected chi connectivity index (χ2v) is 8.01. The van der Waals surface area contributed by atoms with Crippen molar-refractivity contribution in [2.45, 2.75) is 38.8 Å². The number of hydrogen-bond acceptors (Lipinski definition) is 3. The van der Waals surface area contributed by atoms with E-state index in [0.717, 1.165) is 19.0 Å². The van der Waals surface area contributed by atoms with Gasteiger partial charge in [-0.25, -0.2) is 4.57 Å². The highest BCUT2D eigenvalue weighted by molar-refractivity contribution is 6.60. The highest BCUT2D eigenvalue weighted by Crippen LogP contribution is 2.15. The van der Waals surface area contributed by atoms with Crippen molar-refractivity contribution in [3.05, 3.63) is 30.1 Å². The summed E-state index contributed by atoms with van der Waals surface area (Å²) in [7, 11) is 2.56. The first-order valence-electron chi connectivity index (χ1n) is 6.71. The molecular formula is C14H26NO3Si+. The molecule has 108 valence electrons. The number of pyridine rings is 1. The topological polar surface area (TPSA) is 31.6 Å². The molecule has 0 radical (unpaired) electrons. The van der Waals surface area contributed by atoms with Gasteiger partial charge in [0, 0.05) is 45.9 Å². The maximum Gasteiger partial charge on any atom is 0.500 e. The summed E-state index contributed by atoms with van der Waals surface area (Å²) in [6.07, 6.45) is 5.24. The van der Waals surface area contributed by atoms with Gasteiger partial charge in [-0.2, -0.15) is 0 Å². The second-order valence-electron chi connectivity index (χ2n) is 4.92. The Morgan fingerprint density at radius 2 is 1.58 bits per heavy atom. The summed E-state index contributed by atoms with van der Waals surface area (Å²) >= 11 is 0. The molecule has 1 heterocycles. The lowest BCUT2D eigenvalue weighted by molar-refractivity contribution is -0.697. The van der Waals surface area contributed by atoms with E-state index in [4.69, 9.17) is 13.3 Å². The molecule has 0 unspecified atom stereocenters. The van der Waals surface area contributed by atoms with Crippen molar-refractivity contribution in [3.63, 3.8) is 0 Å². The number of aryl methyl sites for hydroxylation is 1. The van der Waals surface area contributed by atoms with Crippen LogP contribution in [0.5, 0.6) is 0 Å². The summed E-state index contributed by atoms with van der Waals surface area (Å²) in [4.78, 5) is 0. The Bertz CT molecular complexity index is 355. The van der Waals surface area contributed by atoms with Crippen LogP contribution in [0, 0.1) is 0 Å². The van der Waals surface area contributed by atoms with Crippen molar-refractivity contribution in [1.82, 2.24) is 0 Å². The highest BCUT2D eigenvalue weighted by atomic mass is 28.4. The fourth-order valence-corrected chi connectivity index (χ4v) is 3.74. The summed E-state index contributed by atoms with van der Waals surface area (Å²) in [5, 5.41) is 0. The van der Waals surface area contributed by atoms with E-state index in [1.54, 1.807) is 21.3 Å². The molecule has 0 fully saturated rings. The van der Waals surface area contributed by atoms with E-state index in [2.05, 4.69) is 42.9 Å². The molecule has 0 saturated carbocycles. The first-order valence-corrected chi connectivity index (χ1v) is 8.64. The van der Waals surface area contributed by atoms with Gasteiger partial charge in [0.15, 0.2) is 12.4 Å². The average Bonchev–Trinajstić information content (AvgIpc) is 2.45. The first-order chi connectivity index (χ1) is 9.06. The maximum atomic E-state index is 5.41. The molecule has 1 rings (SSSR count). The predicted molar refractivity (Wildman–Crippen MR) is 76.9 cm³/mol. The Hall–Kier alpha value is -0.753.